The Hall–Kier alpha value is -1.09. The second-order valence-corrected chi connectivity index (χ2v) is 3.42. The van der Waals surface area contributed by atoms with Gasteiger partial charge in [-0.2, -0.15) is 0 Å². The van der Waals surface area contributed by atoms with Crippen molar-refractivity contribution in [2.24, 2.45) is 5.73 Å². The molecular formula is C11H18N2O. The number of rotatable bonds is 5. The van der Waals surface area contributed by atoms with Gasteiger partial charge in [0, 0.05) is 18.3 Å². The van der Waals surface area contributed by atoms with Gasteiger partial charge < -0.3 is 10.5 Å². The Bertz CT molecular complexity index is 274. The fourth-order valence-corrected chi connectivity index (χ4v) is 1.11. The first kappa shape index (κ1) is 11.0. The van der Waals surface area contributed by atoms with Crippen LogP contribution in [0.15, 0.2) is 18.3 Å². The van der Waals surface area contributed by atoms with Crippen molar-refractivity contribution in [3.63, 3.8) is 0 Å². The summed E-state index contributed by atoms with van der Waals surface area (Å²) in [5.74, 6) is 0.674. The van der Waals surface area contributed by atoms with Gasteiger partial charge in [0.05, 0.1) is 6.61 Å². The lowest BCUT2D eigenvalue weighted by atomic mass is 10.1. The molecule has 0 saturated carbocycles. The molecule has 0 fully saturated rings. The van der Waals surface area contributed by atoms with E-state index in [2.05, 4.69) is 11.9 Å². The van der Waals surface area contributed by atoms with Gasteiger partial charge in [-0.05, 0) is 25.0 Å². The van der Waals surface area contributed by atoms with E-state index in [4.69, 9.17) is 10.5 Å². The van der Waals surface area contributed by atoms with Crippen molar-refractivity contribution in [1.82, 2.24) is 4.98 Å². The number of aromatic nitrogens is 1. The lowest BCUT2D eigenvalue weighted by Gasteiger charge is -2.08. The molecule has 0 aromatic carbocycles. The number of nitrogens with zero attached hydrogens (tertiary/aromatic N) is 1. The van der Waals surface area contributed by atoms with E-state index in [-0.39, 0.29) is 6.04 Å². The van der Waals surface area contributed by atoms with Crippen molar-refractivity contribution >= 4 is 0 Å². The minimum absolute atomic E-state index is 0.0338. The second kappa shape index (κ2) is 5.60. The standard InChI is InChI=1S/C11H18N2O/c1-3-4-7-14-11-8-10(9(2)12)5-6-13-11/h5-6,8-9H,3-4,7,12H2,1-2H3/t9-/m1/s1. The summed E-state index contributed by atoms with van der Waals surface area (Å²) in [6.07, 6.45) is 3.93. The van der Waals surface area contributed by atoms with Gasteiger partial charge >= 0.3 is 0 Å². The van der Waals surface area contributed by atoms with Gasteiger partial charge in [-0.1, -0.05) is 13.3 Å². The Kier molecular flexibility index (Phi) is 4.40. The zero-order valence-corrected chi connectivity index (χ0v) is 8.86. The Morgan fingerprint density at radius 3 is 3.00 bits per heavy atom. The van der Waals surface area contributed by atoms with Crippen molar-refractivity contribution < 1.29 is 4.74 Å². The molecular weight excluding hydrogens is 176 g/mol. The van der Waals surface area contributed by atoms with Crippen LogP contribution >= 0.6 is 0 Å². The third-order valence-corrected chi connectivity index (χ3v) is 2.03. The number of hydrogen-bond donors (Lipinski definition) is 1. The van der Waals surface area contributed by atoms with Gasteiger partial charge in [0.2, 0.25) is 5.88 Å². The fraction of sp³-hybridized carbons (Fsp3) is 0.545. The Labute approximate surface area is 85.3 Å². The van der Waals surface area contributed by atoms with Crippen molar-refractivity contribution in [3.8, 4) is 5.88 Å². The summed E-state index contributed by atoms with van der Waals surface area (Å²) in [4.78, 5) is 4.12. The molecule has 3 nitrogen and oxygen atoms in total. The monoisotopic (exact) mass is 194 g/mol. The predicted molar refractivity (Wildman–Crippen MR) is 57.2 cm³/mol. The molecule has 1 rings (SSSR count). The first-order valence-electron chi connectivity index (χ1n) is 5.08. The summed E-state index contributed by atoms with van der Waals surface area (Å²) >= 11 is 0. The van der Waals surface area contributed by atoms with Crippen LogP contribution in [0.5, 0.6) is 5.88 Å². The predicted octanol–water partition coefficient (Wildman–Crippen LogP) is 2.28. The summed E-state index contributed by atoms with van der Waals surface area (Å²) in [7, 11) is 0. The maximum atomic E-state index is 5.75. The number of unbranched alkanes of at least 4 members (excludes halogenated alkanes) is 1. The van der Waals surface area contributed by atoms with E-state index in [1.165, 1.54) is 0 Å². The maximum absolute atomic E-state index is 5.75. The average molecular weight is 194 g/mol. The molecule has 0 radical (unpaired) electrons. The fourth-order valence-electron chi connectivity index (χ4n) is 1.11. The van der Waals surface area contributed by atoms with Crippen LogP contribution in [-0.4, -0.2) is 11.6 Å². The van der Waals surface area contributed by atoms with Gasteiger partial charge in [0.1, 0.15) is 0 Å². The molecule has 1 aromatic rings. The molecule has 1 heterocycles. The largest absolute Gasteiger partial charge is 0.478 e. The van der Waals surface area contributed by atoms with Crippen LogP contribution < -0.4 is 10.5 Å². The molecule has 0 spiro atoms. The first-order chi connectivity index (χ1) is 6.74. The third-order valence-electron chi connectivity index (χ3n) is 2.03. The van der Waals surface area contributed by atoms with Crippen LogP contribution in [0, 0.1) is 0 Å². The van der Waals surface area contributed by atoms with E-state index in [0.29, 0.717) is 5.88 Å². The SMILES string of the molecule is CCCCOc1cc([C@@H](C)N)ccn1. The normalized spacial score (nSPS) is 12.5. The highest BCUT2D eigenvalue weighted by atomic mass is 16.5. The van der Waals surface area contributed by atoms with Gasteiger partial charge in [-0.25, -0.2) is 4.98 Å². The molecule has 14 heavy (non-hydrogen) atoms. The van der Waals surface area contributed by atoms with Crippen LogP contribution in [0.2, 0.25) is 0 Å². The van der Waals surface area contributed by atoms with E-state index in [1.807, 2.05) is 19.1 Å². The Balaban J connectivity index is 2.55. The minimum atomic E-state index is 0.0338. The molecule has 0 bridgehead atoms. The van der Waals surface area contributed by atoms with Crippen LogP contribution in [0.25, 0.3) is 0 Å². The zero-order valence-electron chi connectivity index (χ0n) is 8.86. The van der Waals surface area contributed by atoms with Crippen molar-refractivity contribution in [1.29, 1.82) is 0 Å². The molecule has 2 N–H and O–H groups in total. The topological polar surface area (TPSA) is 48.1 Å². The Morgan fingerprint density at radius 2 is 2.36 bits per heavy atom. The van der Waals surface area contributed by atoms with Gasteiger partial charge in [-0.3, -0.25) is 0 Å². The van der Waals surface area contributed by atoms with Crippen LogP contribution in [0.4, 0.5) is 0 Å². The van der Waals surface area contributed by atoms with E-state index in [1.54, 1.807) is 6.20 Å². The molecule has 1 atom stereocenters. The quantitative estimate of drug-likeness (QED) is 0.731. The highest BCUT2D eigenvalue weighted by Gasteiger charge is 2.01. The molecule has 0 aliphatic rings. The van der Waals surface area contributed by atoms with Crippen molar-refractivity contribution in [2.45, 2.75) is 32.7 Å². The van der Waals surface area contributed by atoms with Gasteiger partial charge in [0.15, 0.2) is 0 Å². The molecule has 0 aliphatic carbocycles. The number of ether oxygens (including phenoxy) is 1. The molecule has 0 aliphatic heterocycles. The van der Waals surface area contributed by atoms with E-state index in [9.17, 15) is 0 Å². The van der Waals surface area contributed by atoms with Crippen LogP contribution in [-0.2, 0) is 0 Å². The summed E-state index contributed by atoms with van der Waals surface area (Å²) < 4.78 is 5.47. The second-order valence-electron chi connectivity index (χ2n) is 3.42. The zero-order chi connectivity index (χ0) is 10.4. The first-order valence-corrected chi connectivity index (χ1v) is 5.08. The highest BCUT2D eigenvalue weighted by molar-refractivity contribution is 5.22. The third kappa shape index (κ3) is 3.34. The number of pyridine rings is 1. The minimum Gasteiger partial charge on any atom is -0.478 e. The summed E-state index contributed by atoms with van der Waals surface area (Å²) in [5, 5.41) is 0. The van der Waals surface area contributed by atoms with E-state index < -0.39 is 0 Å². The summed E-state index contributed by atoms with van der Waals surface area (Å²) in [6, 6.07) is 3.85. The molecule has 78 valence electrons. The van der Waals surface area contributed by atoms with Crippen molar-refractivity contribution in [2.75, 3.05) is 6.61 Å². The van der Waals surface area contributed by atoms with Crippen LogP contribution in [0.3, 0.4) is 0 Å². The van der Waals surface area contributed by atoms with Crippen molar-refractivity contribution in [3.05, 3.63) is 23.9 Å². The van der Waals surface area contributed by atoms with E-state index in [0.717, 1.165) is 25.0 Å². The molecule has 3 heteroatoms. The highest BCUT2D eigenvalue weighted by Crippen LogP contribution is 2.14. The van der Waals surface area contributed by atoms with Gasteiger partial charge in [0.25, 0.3) is 0 Å². The molecule has 0 amide bonds. The smallest absolute Gasteiger partial charge is 0.213 e. The summed E-state index contributed by atoms with van der Waals surface area (Å²) in [5.41, 5.74) is 6.82. The Morgan fingerprint density at radius 1 is 1.57 bits per heavy atom. The lowest BCUT2D eigenvalue weighted by molar-refractivity contribution is 0.297. The molecule has 0 saturated heterocycles. The summed E-state index contributed by atoms with van der Waals surface area (Å²) in [6.45, 7) is 4.81. The molecule has 1 aromatic heterocycles. The number of hydrogen-bond acceptors (Lipinski definition) is 3. The molecule has 0 unspecified atom stereocenters. The maximum Gasteiger partial charge on any atom is 0.213 e. The van der Waals surface area contributed by atoms with E-state index >= 15 is 0 Å². The average Bonchev–Trinajstić information content (AvgIpc) is 2.19. The lowest BCUT2D eigenvalue weighted by Crippen LogP contribution is -2.06. The van der Waals surface area contributed by atoms with Gasteiger partial charge in [-0.15, -0.1) is 0 Å². The number of nitrogens with two attached hydrogens (primary N) is 1. The van der Waals surface area contributed by atoms with Crippen LogP contribution in [0.1, 0.15) is 38.3 Å².